The molecular formula is C18H32N2. The highest BCUT2D eigenvalue weighted by atomic mass is 15.1. The second-order valence-corrected chi connectivity index (χ2v) is 5.89. The minimum Gasteiger partial charge on any atom is -0.310 e. The molecule has 0 aliphatic carbocycles. The van der Waals surface area contributed by atoms with Crippen molar-refractivity contribution in [3.63, 3.8) is 0 Å². The average Bonchev–Trinajstić information content (AvgIpc) is 2.47. The van der Waals surface area contributed by atoms with Gasteiger partial charge in [0.2, 0.25) is 0 Å². The number of hydrogen-bond donors (Lipinski definition) is 1. The van der Waals surface area contributed by atoms with Gasteiger partial charge in [0.05, 0.1) is 0 Å². The second-order valence-electron chi connectivity index (χ2n) is 5.89. The van der Waals surface area contributed by atoms with Crippen molar-refractivity contribution in [1.29, 1.82) is 0 Å². The Morgan fingerprint density at radius 1 is 1.20 bits per heavy atom. The van der Waals surface area contributed by atoms with E-state index in [1.165, 1.54) is 30.4 Å². The number of benzene rings is 1. The van der Waals surface area contributed by atoms with Crippen molar-refractivity contribution in [3.05, 3.63) is 35.4 Å². The lowest BCUT2D eigenvalue weighted by molar-refractivity contribution is 0.237. The van der Waals surface area contributed by atoms with Crippen molar-refractivity contribution < 1.29 is 0 Å². The van der Waals surface area contributed by atoms with E-state index in [0.29, 0.717) is 12.1 Å². The summed E-state index contributed by atoms with van der Waals surface area (Å²) in [6.07, 6.45) is 3.57. The smallest absolute Gasteiger partial charge is 0.0335 e. The molecule has 1 aromatic carbocycles. The minimum absolute atomic E-state index is 0.475. The third-order valence-electron chi connectivity index (χ3n) is 4.32. The summed E-state index contributed by atoms with van der Waals surface area (Å²) in [4.78, 5) is 2.47. The first kappa shape index (κ1) is 17.2. The number of rotatable bonds is 9. The molecule has 0 saturated heterocycles. The fourth-order valence-corrected chi connectivity index (χ4v) is 2.53. The monoisotopic (exact) mass is 276 g/mol. The molecule has 0 aromatic heterocycles. The Hall–Kier alpha value is -0.860. The third-order valence-corrected chi connectivity index (χ3v) is 4.32. The summed E-state index contributed by atoms with van der Waals surface area (Å²) in [7, 11) is 2.24. The molecule has 2 nitrogen and oxygen atoms in total. The van der Waals surface area contributed by atoms with E-state index in [1.807, 2.05) is 0 Å². The molecule has 0 aliphatic heterocycles. The summed E-state index contributed by atoms with van der Waals surface area (Å²) in [5, 5.41) is 3.71. The largest absolute Gasteiger partial charge is 0.310 e. The molecular weight excluding hydrogens is 244 g/mol. The molecule has 0 fully saturated rings. The zero-order valence-electron chi connectivity index (χ0n) is 13.9. The molecule has 0 bridgehead atoms. The van der Waals surface area contributed by atoms with Crippen molar-refractivity contribution in [2.24, 2.45) is 0 Å². The Kier molecular flexibility index (Phi) is 7.86. The normalized spacial score (nSPS) is 14.5. The van der Waals surface area contributed by atoms with Crippen molar-refractivity contribution >= 4 is 0 Å². The van der Waals surface area contributed by atoms with Crippen molar-refractivity contribution in [3.8, 4) is 0 Å². The van der Waals surface area contributed by atoms with Gasteiger partial charge in [-0.3, -0.25) is 0 Å². The van der Waals surface area contributed by atoms with Crippen LogP contribution in [0.15, 0.2) is 24.3 Å². The van der Waals surface area contributed by atoms with Gasteiger partial charge in [-0.2, -0.15) is 0 Å². The van der Waals surface area contributed by atoms with Gasteiger partial charge in [0.15, 0.2) is 0 Å². The minimum atomic E-state index is 0.475. The third kappa shape index (κ3) is 5.26. The Morgan fingerprint density at radius 2 is 1.90 bits per heavy atom. The molecule has 0 amide bonds. The van der Waals surface area contributed by atoms with Gasteiger partial charge in [0, 0.05) is 12.1 Å². The van der Waals surface area contributed by atoms with E-state index in [1.54, 1.807) is 0 Å². The van der Waals surface area contributed by atoms with E-state index >= 15 is 0 Å². The maximum absolute atomic E-state index is 3.71. The van der Waals surface area contributed by atoms with Gasteiger partial charge in [-0.15, -0.1) is 0 Å². The first-order chi connectivity index (χ1) is 9.60. The number of aryl methyl sites for hydroxylation is 1. The molecule has 2 atom stereocenters. The zero-order chi connectivity index (χ0) is 15.0. The molecule has 0 aliphatic rings. The predicted molar refractivity (Wildman–Crippen MR) is 89.2 cm³/mol. The SMILES string of the molecule is CCCNC(CCN(C)C(C)CC)c1ccccc1C. The van der Waals surface area contributed by atoms with E-state index in [-0.39, 0.29) is 0 Å². The predicted octanol–water partition coefficient (Wildman–Crippen LogP) is 4.16. The molecule has 2 heteroatoms. The maximum atomic E-state index is 3.71. The van der Waals surface area contributed by atoms with Gasteiger partial charge in [-0.05, 0) is 64.4 Å². The lowest BCUT2D eigenvalue weighted by Crippen LogP contribution is -2.33. The lowest BCUT2D eigenvalue weighted by atomic mass is 9.98. The Morgan fingerprint density at radius 3 is 2.50 bits per heavy atom. The average molecular weight is 276 g/mol. The van der Waals surface area contributed by atoms with Gasteiger partial charge in [-0.1, -0.05) is 38.1 Å². The van der Waals surface area contributed by atoms with E-state index in [2.05, 4.69) is 69.2 Å². The molecule has 1 N–H and O–H groups in total. The number of hydrogen-bond acceptors (Lipinski definition) is 2. The number of nitrogens with one attached hydrogen (secondary N) is 1. The van der Waals surface area contributed by atoms with Crippen LogP contribution in [-0.4, -0.2) is 31.1 Å². The molecule has 0 radical (unpaired) electrons. The second kappa shape index (κ2) is 9.15. The van der Waals surface area contributed by atoms with Gasteiger partial charge < -0.3 is 10.2 Å². The van der Waals surface area contributed by atoms with Crippen molar-refractivity contribution in [2.45, 2.75) is 59.0 Å². The Bertz CT molecular complexity index is 375. The van der Waals surface area contributed by atoms with Crippen LogP contribution in [-0.2, 0) is 0 Å². The first-order valence-corrected chi connectivity index (χ1v) is 8.09. The van der Waals surface area contributed by atoms with Crippen LogP contribution >= 0.6 is 0 Å². The van der Waals surface area contributed by atoms with Crippen LogP contribution in [0.4, 0.5) is 0 Å². The molecule has 0 heterocycles. The summed E-state index contributed by atoms with van der Waals surface area (Å²) in [6.45, 7) is 11.2. The van der Waals surface area contributed by atoms with Crippen LogP contribution in [0.3, 0.4) is 0 Å². The van der Waals surface area contributed by atoms with Crippen molar-refractivity contribution in [1.82, 2.24) is 10.2 Å². The van der Waals surface area contributed by atoms with E-state index in [0.717, 1.165) is 13.1 Å². The molecule has 0 saturated carbocycles. The fourth-order valence-electron chi connectivity index (χ4n) is 2.53. The van der Waals surface area contributed by atoms with E-state index in [9.17, 15) is 0 Å². The molecule has 20 heavy (non-hydrogen) atoms. The van der Waals surface area contributed by atoms with Crippen LogP contribution in [0.5, 0.6) is 0 Å². The topological polar surface area (TPSA) is 15.3 Å². The van der Waals surface area contributed by atoms with Gasteiger partial charge in [0.1, 0.15) is 0 Å². The van der Waals surface area contributed by atoms with E-state index < -0.39 is 0 Å². The molecule has 0 spiro atoms. The van der Waals surface area contributed by atoms with Crippen LogP contribution in [0.1, 0.15) is 57.2 Å². The van der Waals surface area contributed by atoms with Crippen LogP contribution in [0.25, 0.3) is 0 Å². The summed E-state index contributed by atoms with van der Waals surface area (Å²) in [5.41, 5.74) is 2.85. The van der Waals surface area contributed by atoms with Crippen LogP contribution < -0.4 is 5.32 Å². The van der Waals surface area contributed by atoms with Crippen molar-refractivity contribution in [2.75, 3.05) is 20.1 Å². The van der Waals surface area contributed by atoms with Gasteiger partial charge in [0.25, 0.3) is 0 Å². The van der Waals surface area contributed by atoms with Crippen LogP contribution in [0.2, 0.25) is 0 Å². The van der Waals surface area contributed by atoms with Crippen LogP contribution in [0, 0.1) is 6.92 Å². The lowest BCUT2D eigenvalue weighted by Gasteiger charge is -2.27. The van der Waals surface area contributed by atoms with E-state index in [4.69, 9.17) is 0 Å². The summed E-state index contributed by atoms with van der Waals surface area (Å²) < 4.78 is 0. The standard InChI is InChI=1S/C18H32N2/c1-6-13-19-18(12-14-20(5)16(4)7-2)17-11-9-8-10-15(17)3/h8-11,16,18-19H,6-7,12-14H2,1-5H3. The Balaban J connectivity index is 2.68. The maximum Gasteiger partial charge on any atom is 0.0335 e. The first-order valence-electron chi connectivity index (χ1n) is 8.09. The zero-order valence-corrected chi connectivity index (χ0v) is 13.9. The van der Waals surface area contributed by atoms with Gasteiger partial charge >= 0.3 is 0 Å². The molecule has 1 aromatic rings. The molecule has 114 valence electrons. The summed E-state index contributed by atoms with van der Waals surface area (Å²) >= 11 is 0. The fraction of sp³-hybridized carbons (Fsp3) is 0.667. The highest BCUT2D eigenvalue weighted by molar-refractivity contribution is 5.28. The summed E-state index contributed by atoms with van der Waals surface area (Å²) in [5.74, 6) is 0. The Labute approximate surface area is 125 Å². The number of nitrogens with zero attached hydrogens (tertiary/aromatic N) is 1. The molecule has 2 unspecified atom stereocenters. The van der Waals surface area contributed by atoms with Gasteiger partial charge in [-0.25, -0.2) is 0 Å². The highest BCUT2D eigenvalue weighted by Gasteiger charge is 2.15. The quantitative estimate of drug-likeness (QED) is 0.728. The highest BCUT2D eigenvalue weighted by Crippen LogP contribution is 2.21. The molecule has 1 rings (SSSR count). The summed E-state index contributed by atoms with van der Waals surface area (Å²) in [6, 6.07) is 9.91.